The quantitative estimate of drug-likeness (QED) is 0.668. The summed E-state index contributed by atoms with van der Waals surface area (Å²) in [5.74, 6) is -2.90. The molecule has 6 nitrogen and oxygen atoms in total. The van der Waals surface area contributed by atoms with Crippen molar-refractivity contribution in [2.75, 3.05) is 0 Å². The summed E-state index contributed by atoms with van der Waals surface area (Å²) < 4.78 is 0. The molecule has 0 radical (unpaired) electrons. The van der Waals surface area contributed by atoms with Crippen LogP contribution in [0.3, 0.4) is 0 Å². The van der Waals surface area contributed by atoms with Gasteiger partial charge in [0.2, 0.25) is 0 Å². The van der Waals surface area contributed by atoms with Crippen LogP contribution in [-0.4, -0.2) is 39.7 Å². The molecule has 0 amide bonds. The largest absolute Gasteiger partial charge is 0.478 e. The van der Waals surface area contributed by atoms with E-state index in [4.69, 9.17) is 10.2 Å². The highest BCUT2D eigenvalue weighted by atomic mass is 16.4. The first-order valence-electron chi connectivity index (χ1n) is 4.02. The van der Waals surface area contributed by atoms with Crippen LogP contribution in [0.4, 0.5) is 0 Å². The van der Waals surface area contributed by atoms with Crippen molar-refractivity contribution in [1.29, 1.82) is 0 Å². The Balaban J connectivity index is 3.14. The number of rotatable bonds is 3. The molecule has 1 aliphatic heterocycles. The van der Waals surface area contributed by atoms with Gasteiger partial charge in [0.15, 0.2) is 5.71 Å². The Morgan fingerprint density at radius 1 is 1.43 bits per heavy atom. The molecule has 0 aromatic heterocycles. The van der Waals surface area contributed by atoms with Gasteiger partial charge in [-0.25, -0.2) is 19.6 Å². The average molecular weight is 198 g/mol. The van der Waals surface area contributed by atoms with Crippen LogP contribution in [0.25, 0.3) is 0 Å². The zero-order valence-corrected chi connectivity index (χ0v) is 7.76. The molecule has 0 spiro atoms. The maximum absolute atomic E-state index is 10.9. The van der Waals surface area contributed by atoms with Gasteiger partial charge in [0.25, 0.3) is 5.66 Å². The molecule has 1 atom stereocenters. The Kier molecular flexibility index (Phi) is 2.37. The second-order valence-corrected chi connectivity index (χ2v) is 3.25. The second-order valence-electron chi connectivity index (χ2n) is 3.25. The van der Waals surface area contributed by atoms with Crippen LogP contribution in [0.5, 0.6) is 0 Å². The molecule has 76 valence electrons. The highest BCUT2D eigenvalue weighted by molar-refractivity contribution is 6.59. The molecule has 0 aliphatic carbocycles. The highest BCUT2D eigenvalue weighted by Crippen LogP contribution is 2.27. The Labute approximate surface area is 80.0 Å². The average Bonchev–Trinajstić information content (AvgIpc) is 2.48. The SMILES string of the molecule is CC(C)C1(C(=O)O)N=CC(C(=O)O)=N1. The number of carboxylic acid groups (broad SMARTS) is 2. The Hall–Kier alpha value is -1.72. The first-order chi connectivity index (χ1) is 6.40. The summed E-state index contributed by atoms with van der Waals surface area (Å²) in [5.41, 5.74) is -1.98. The van der Waals surface area contributed by atoms with Gasteiger partial charge in [-0.1, -0.05) is 13.8 Å². The third-order valence-electron chi connectivity index (χ3n) is 2.01. The fourth-order valence-electron chi connectivity index (χ4n) is 1.13. The minimum absolute atomic E-state index is 0.318. The standard InChI is InChI=1S/C8H10N2O4/c1-4(2)8(7(13)14)9-3-5(10-8)6(11)12/h3-4H,1-2H3,(H,11,12)(H,13,14). The van der Waals surface area contributed by atoms with Gasteiger partial charge in [0.05, 0.1) is 6.21 Å². The normalized spacial score (nSPS) is 25.2. The zero-order chi connectivity index (χ0) is 10.9. The Morgan fingerprint density at radius 2 is 2.00 bits per heavy atom. The molecule has 1 rings (SSSR count). The fraction of sp³-hybridized carbons (Fsp3) is 0.500. The lowest BCUT2D eigenvalue weighted by atomic mass is 9.98. The van der Waals surface area contributed by atoms with E-state index < -0.39 is 23.5 Å². The van der Waals surface area contributed by atoms with Gasteiger partial charge in [0, 0.05) is 5.92 Å². The molecule has 0 aromatic rings. The van der Waals surface area contributed by atoms with Crippen LogP contribution in [0.1, 0.15) is 13.8 Å². The van der Waals surface area contributed by atoms with Gasteiger partial charge in [-0.15, -0.1) is 0 Å². The summed E-state index contributed by atoms with van der Waals surface area (Å²) >= 11 is 0. The minimum atomic E-state index is -1.66. The fourth-order valence-corrected chi connectivity index (χ4v) is 1.13. The molecule has 1 unspecified atom stereocenters. The van der Waals surface area contributed by atoms with Gasteiger partial charge >= 0.3 is 11.9 Å². The van der Waals surface area contributed by atoms with E-state index in [0.717, 1.165) is 6.21 Å². The van der Waals surface area contributed by atoms with Crippen molar-refractivity contribution in [2.24, 2.45) is 15.9 Å². The van der Waals surface area contributed by atoms with E-state index in [9.17, 15) is 9.59 Å². The van der Waals surface area contributed by atoms with Gasteiger partial charge in [-0.3, -0.25) is 0 Å². The number of aliphatic carboxylic acids is 2. The molecular formula is C8H10N2O4. The Bertz CT molecular complexity index is 345. The first kappa shape index (κ1) is 10.4. The van der Waals surface area contributed by atoms with Crippen LogP contribution >= 0.6 is 0 Å². The number of nitrogens with zero attached hydrogens (tertiary/aromatic N) is 2. The van der Waals surface area contributed by atoms with Crippen LogP contribution < -0.4 is 0 Å². The predicted octanol–water partition coefficient (Wildman–Crippen LogP) is 0.0333. The van der Waals surface area contributed by atoms with Crippen molar-refractivity contribution in [3.05, 3.63) is 0 Å². The van der Waals surface area contributed by atoms with Gasteiger partial charge in [-0.2, -0.15) is 0 Å². The number of carboxylic acids is 2. The van der Waals surface area contributed by atoms with Gasteiger partial charge < -0.3 is 10.2 Å². The van der Waals surface area contributed by atoms with E-state index in [2.05, 4.69) is 9.98 Å². The maximum atomic E-state index is 10.9. The van der Waals surface area contributed by atoms with Crippen LogP contribution in [0.15, 0.2) is 9.98 Å². The summed E-state index contributed by atoms with van der Waals surface area (Å²) in [7, 11) is 0. The number of hydrogen-bond acceptors (Lipinski definition) is 4. The molecule has 0 saturated heterocycles. The molecule has 0 aromatic carbocycles. The summed E-state index contributed by atoms with van der Waals surface area (Å²) in [6.07, 6.45) is 0.983. The number of hydrogen-bond donors (Lipinski definition) is 2. The number of aliphatic imine (C=N–C) groups is 2. The maximum Gasteiger partial charge on any atom is 0.355 e. The molecular weight excluding hydrogens is 188 g/mol. The molecule has 1 heterocycles. The third-order valence-corrected chi connectivity index (χ3v) is 2.01. The van der Waals surface area contributed by atoms with Gasteiger partial charge in [-0.05, 0) is 0 Å². The topological polar surface area (TPSA) is 99.3 Å². The zero-order valence-electron chi connectivity index (χ0n) is 7.76. The monoisotopic (exact) mass is 198 g/mol. The summed E-state index contributed by atoms with van der Waals surface area (Å²) in [5, 5.41) is 17.5. The van der Waals surface area contributed by atoms with Crippen LogP contribution in [-0.2, 0) is 9.59 Å². The lowest BCUT2D eigenvalue weighted by Gasteiger charge is -2.21. The van der Waals surface area contributed by atoms with Crippen molar-refractivity contribution in [2.45, 2.75) is 19.5 Å². The van der Waals surface area contributed by atoms with E-state index in [1.807, 2.05) is 0 Å². The summed E-state index contributed by atoms with van der Waals surface area (Å²) in [6, 6.07) is 0. The van der Waals surface area contributed by atoms with E-state index in [1.54, 1.807) is 13.8 Å². The smallest absolute Gasteiger partial charge is 0.355 e. The molecule has 0 bridgehead atoms. The summed E-state index contributed by atoms with van der Waals surface area (Å²) in [4.78, 5) is 28.7. The van der Waals surface area contributed by atoms with Crippen LogP contribution in [0.2, 0.25) is 0 Å². The van der Waals surface area contributed by atoms with Crippen molar-refractivity contribution in [1.82, 2.24) is 0 Å². The lowest BCUT2D eigenvalue weighted by Crippen LogP contribution is -2.38. The van der Waals surface area contributed by atoms with Gasteiger partial charge in [0.1, 0.15) is 0 Å². The highest BCUT2D eigenvalue weighted by Gasteiger charge is 2.44. The summed E-state index contributed by atoms with van der Waals surface area (Å²) in [6.45, 7) is 3.25. The van der Waals surface area contributed by atoms with E-state index >= 15 is 0 Å². The van der Waals surface area contributed by atoms with E-state index in [0.29, 0.717) is 0 Å². The molecule has 14 heavy (non-hydrogen) atoms. The molecule has 6 heteroatoms. The van der Waals surface area contributed by atoms with Crippen LogP contribution in [0, 0.1) is 5.92 Å². The Morgan fingerprint density at radius 3 is 2.21 bits per heavy atom. The minimum Gasteiger partial charge on any atom is -0.478 e. The third kappa shape index (κ3) is 1.39. The van der Waals surface area contributed by atoms with Crippen molar-refractivity contribution in [3.63, 3.8) is 0 Å². The molecule has 0 fully saturated rings. The number of carbonyl (C=O) groups is 2. The molecule has 1 aliphatic rings. The molecule has 2 N–H and O–H groups in total. The first-order valence-corrected chi connectivity index (χ1v) is 4.02. The predicted molar refractivity (Wildman–Crippen MR) is 48.8 cm³/mol. The van der Waals surface area contributed by atoms with Crippen molar-refractivity contribution >= 4 is 23.9 Å². The van der Waals surface area contributed by atoms with Crippen molar-refractivity contribution < 1.29 is 19.8 Å². The molecule has 0 saturated carbocycles. The van der Waals surface area contributed by atoms with E-state index in [1.165, 1.54) is 0 Å². The van der Waals surface area contributed by atoms with Crippen molar-refractivity contribution in [3.8, 4) is 0 Å². The second kappa shape index (κ2) is 3.21. The van der Waals surface area contributed by atoms with E-state index in [-0.39, 0.29) is 5.71 Å². The lowest BCUT2D eigenvalue weighted by molar-refractivity contribution is -0.144.